The maximum atomic E-state index is 10.9. The Labute approximate surface area is 97.2 Å². The van der Waals surface area contributed by atoms with Crippen molar-refractivity contribution in [1.29, 1.82) is 0 Å². The summed E-state index contributed by atoms with van der Waals surface area (Å²) in [6.07, 6.45) is 0.930. The van der Waals surface area contributed by atoms with Gasteiger partial charge in [-0.3, -0.25) is 4.68 Å². The Bertz CT molecular complexity index is 488. The average Bonchev–Trinajstić information content (AvgIpc) is 2.84. The van der Waals surface area contributed by atoms with Crippen LogP contribution >= 0.6 is 11.3 Å². The molecule has 0 spiro atoms. The van der Waals surface area contributed by atoms with Crippen LogP contribution in [-0.4, -0.2) is 20.9 Å². The molecule has 2 rings (SSSR count). The SMILES string of the molecule is CCCn1nc(C(=O)O)cc1-c1cccs1. The van der Waals surface area contributed by atoms with Gasteiger partial charge in [0, 0.05) is 6.54 Å². The molecule has 0 aliphatic rings. The van der Waals surface area contributed by atoms with Crippen LogP contribution < -0.4 is 0 Å². The van der Waals surface area contributed by atoms with Crippen molar-refractivity contribution >= 4 is 17.3 Å². The highest BCUT2D eigenvalue weighted by Gasteiger charge is 2.14. The van der Waals surface area contributed by atoms with Crippen molar-refractivity contribution in [3.05, 3.63) is 29.3 Å². The number of hydrogen-bond acceptors (Lipinski definition) is 3. The number of aryl methyl sites for hydroxylation is 1. The lowest BCUT2D eigenvalue weighted by atomic mass is 10.3. The first-order chi connectivity index (χ1) is 7.72. The van der Waals surface area contributed by atoms with Gasteiger partial charge >= 0.3 is 5.97 Å². The van der Waals surface area contributed by atoms with Crippen LogP contribution in [0.2, 0.25) is 0 Å². The Morgan fingerprint density at radius 3 is 3.00 bits per heavy atom. The maximum Gasteiger partial charge on any atom is 0.356 e. The Kier molecular flexibility index (Phi) is 3.05. The molecule has 84 valence electrons. The quantitative estimate of drug-likeness (QED) is 0.888. The summed E-state index contributed by atoms with van der Waals surface area (Å²) in [7, 11) is 0. The summed E-state index contributed by atoms with van der Waals surface area (Å²) in [5.41, 5.74) is 0.992. The van der Waals surface area contributed by atoms with Gasteiger partial charge in [0.2, 0.25) is 0 Å². The molecule has 0 bridgehead atoms. The maximum absolute atomic E-state index is 10.9. The first-order valence-corrected chi connectivity index (χ1v) is 5.95. The highest BCUT2D eigenvalue weighted by Crippen LogP contribution is 2.25. The van der Waals surface area contributed by atoms with Gasteiger partial charge in [0.25, 0.3) is 0 Å². The second kappa shape index (κ2) is 4.49. The molecule has 2 aromatic heterocycles. The van der Waals surface area contributed by atoms with Crippen LogP contribution in [0.4, 0.5) is 0 Å². The van der Waals surface area contributed by atoms with Crippen molar-refractivity contribution < 1.29 is 9.90 Å². The molecule has 0 unspecified atom stereocenters. The predicted octanol–water partition coefficient (Wildman–Crippen LogP) is 2.72. The molecule has 0 radical (unpaired) electrons. The average molecular weight is 236 g/mol. The third-order valence-corrected chi connectivity index (χ3v) is 3.10. The van der Waals surface area contributed by atoms with Crippen LogP contribution in [0.1, 0.15) is 23.8 Å². The fraction of sp³-hybridized carbons (Fsp3) is 0.273. The Morgan fingerprint density at radius 1 is 1.62 bits per heavy atom. The molecule has 0 saturated carbocycles. The minimum absolute atomic E-state index is 0.108. The number of carboxylic acid groups (broad SMARTS) is 1. The minimum Gasteiger partial charge on any atom is -0.476 e. The predicted molar refractivity (Wildman–Crippen MR) is 62.8 cm³/mol. The molecule has 5 heteroatoms. The van der Waals surface area contributed by atoms with Crippen molar-refractivity contribution in [2.45, 2.75) is 19.9 Å². The number of carboxylic acids is 1. The molecule has 0 aliphatic carbocycles. The van der Waals surface area contributed by atoms with E-state index >= 15 is 0 Å². The van der Waals surface area contributed by atoms with E-state index in [0.717, 1.165) is 23.5 Å². The first kappa shape index (κ1) is 10.9. The summed E-state index contributed by atoms with van der Waals surface area (Å²) in [5.74, 6) is -0.979. The second-order valence-electron chi connectivity index (χ2n) is 3.42. The monoisotopic (exact) mass is 236 g/mol. The molecule has 0 fully saturated rings. The largest absolute Gasteiger partial charge is 0.476 e. The number of rotatable bonds is 4. The van der Waals surface area contributed by atoms with Crippen LogP contribution in [0.5, 0.6) is 0 Å². The lowest BCUT2D eigenvalue weighted by molar-refractivity contribution is 0.0689. The molecule has 2 heterocycles. The number of nitrogens with zero attached hydrogens (tertiary/aromatic N) is 2. The smallest absolute Gasteiger partial charge is 0.356 e. The number of carbonyl (C=O) groups is 1. The van der Waals surface area contributed by atoms with E-state index in [-0.39, 0.29) is 5.69 Å². The normalized spacial score (nSPS) is 10.6. The summed E-state index contributed by atoms with van der Waals surface area (Å²) in [6, 6.07) is 5.55. The van der Waals surface area contributed by atoms with E-state index in [1.807, 2.05) is 24.4 Å². The van der Waals surface area contributed by atoms with Gasteiger partial charge in [-0.1, -0.05) is 13.0 Å². The number of aromatic nitrogens is 2. The number of hydrogen-bond donors (Lipinski definition) is 1. The summed E-state index contributed by atoms with van der Waals surface area (Å²) in [6.45, 7) is 2.78. The molecule has 0 atom stereocenters. The van der Waals surface area contributed by atoms with Gasteiger partial charge in [-0.2, -0.15) is 5.10 Å². The van der Waals surface area contributed by atoms with Crippen LogP contribution in [0.3, 0.4) is 0 Å². The molecular formula is C11H12N2O2S. The lowest BCUT2D eigenvalue weighted by Crippen LogP contribution is -2.03. The summed E-state index contributed by atoms with van der Waals surface area (Å²) in [5, 5.41) is 15.0. The van der Waals surface area contributed by atoms with Crippen molar-refractivity contribution in [2.75, 3.05) is 0 Å². The van der Waals surface area contributed by atoms with Gasteiger partial charge in [-0.05, 0) is 23.9 Å². The van der Waals surface area contributed by atoms with Crippen LogP contribution in [0, 0.1) is 0 Å². The van der Waals surface area contributed by atoms with E-state index < -0.39 is 5.97 Å². The minimum atomic E-state index is -0.979. The fourth-order valence-corrected chi connectivity index (χ4v) is 2.27. The molecule has 4 nitrogen and oxygen atoms in total. The van der Waals surface area contributed by atoms with Crippen molar-refractivity contribution in [1.82, 2.24) is 9.78 Å². The van der Waals surface area contributed by atoms with E-state index in [1.165, 1.54) is 0 Å². The van der Waals surface area contributed by atoms with Crippen molar-refractivity contribution in [2.24, 2.45) is 0 Å². The molecule has 16 heavy (non-hydrogen) atoms. The van der Waals surface area contributed by atoms with Crippen molar-refractivity contribution in [3.8, 4) is 10.6 Å². The lowest BCUT2D eigenvalue weighted by Gasteiger charge is -2.02. The zero-order valence-corrected chi connectivity index (χ0v) is 9.70. The van der Waals surface area contributed by atoms with E-state index in [4.69, 9.17) is 5.11 Å². The van der Waals surface area contributed by atoms with E-state index in [2.05, 4.69) is 5.10 Å². The molecular weight excluding hydrogens is 224 g/mol. The third-order valence-electron chi connectivity index (χ3n) is 2.21. The van der Waals surface area contributed by atoms with Gasteiger partial charge in [0.15, 0.2) is 5.69 Å². The van der Waals surface area contributed by atoms with E-state index in [1.54, 1.807) is 22.1 Å². The van der Waals surface area contributed by atoms with Gasteiger partial charge in [-0.25, -0.2) is 4.79 Å². The van der Waals surface area contributed by atoms with Gasteiger partial charge in [-0.15, -0.1) is 11.3 Å². The molecule has 0 saturated heterocycles. The molecule has 1 N–H and O–H groups in total. The molecule has 0 amide bonds. The summed E-state index contributed by atoms with van der Waals surface area (Å²) in [4.78, 5) is 11.9. The Hall–Kier alpha value is -1.62. The van der Waals surface area contributed by atoms with Gasteiger partial charge in [0.05, 0.1) is 10.6 Å². The summed E-state index contributed by atoms with van der Waals surface area (Å²) < 4.78 is 1.76. The molecule has 2 aromatic rings. The molecule has 0 aromatic carbocycles. The highest BCUT2D eigenvalue weighted by atomic mass is 32.1. The zero-order valence-electron chi connectivity index (χ0n) is 8.88. The standard InChI is InChI=1S/C11H12N2O2S/c1-2-5-13-9(10-4-3-6-16-10)7-8(12-13)11(14)15/h3-4,6-7H,2,5H2,1H3,(H,14,15). The van der Waals surface area contributed by atoms with Crippen LogP contribution in [0.25, 0.3) is 10.6 Å². The first-order valence-electron chi connectivity index (χ1n) is 5.07. The molecule has 0 aliphatic heterocycles. The number of aromatic carboxylic acids is 1. The van der Waals surface area contributed by atoms with Crippen molar-refractivity contribution in [3.63, 3.8) is 0 Å². The third kappa shape index (κ3) is 1.99. The van der Waals surface area contributed by atoms with E-state index in [0.29, 0.717) is 0 Å². The van der Waals surface area contributed by atoms with Gasteiger partial charge in [0.1, 0.15) is 0 Å². The van der Waals surface area contributed by atoms with E-state index in [9.17, 15) is 4.79 Å². The number of thiophene rings is 1. The highest BCUT2D eigenvalue weighted by molar-refractivity contribution is 7.13. The van der Waals surface area contributed by atoms with Gasteiger partial charge < -0.3 is 5.11 Å². The van der Waals surface area contributed by atoms with Crippen LogP contribution in [0.15, 0.2) is 23.6 Å². The summed E-state index contributed by atoms with van der Waals surface area (Å²) >= 11 is 1.59. The topological polar surface area (TPSA) is 55.1 Å². The Balaban J connectivity index is 2.46. The second-order valence-corrected chi connectivity index (χ2v) is 4.37. The Morgan fingerprint density at radius 2 is 2.44 bits per heavy atom. The fourth-order valence-electron chi connectivity index (χ4n) is 1.53. The zero-order chi connectivity index (χ0) is 11.5. The van der Waals surface area contributed by atoms with Crippen LogP contribution in [-0.2, 0) is 6.54 Å².